The fraction of sp³-hybridized carbons (Fsp3) is 0.400. The second kappa shape index (κ2) is 8.30. The van der Waals surface area contributed by atoms with E-state index in [0.29, 0.717) is 24.8 Å². The van der Waals surface area contributed by atoms with Crippen molar-refractivity contribution < 1.29 is 18.8 Å². The second-order valence-corrected chi connectivity index (χ2v) is 8.57. The molecule has 3 aromatic rings. The van der Waals surface area contributed by atoms with Crippen molar-refractivity contribution >= 4 is 5.91 Å². The summed E-state index contributed by atoms with van der Waals surface area (Å²) in [5.74, 6) is 3.20. The van der Waals surface area contributed by atoms with E-state index in [9.17, 15) is 4.79 Å². The van der Waals surface area contributed by atoms with Crippen LogP contribution in [0.2, 0.25) is 0 Å². The van der Waals surface area contributed by atoms with Crippen LogP contribution < -0.4 is 9.47 Å². The number of methoxy groups -OCH3 is 2. The summed E-state index contributed by atoms with van der Waals surface area (Å²) in [6.07, 6.45) is 3.49. The topological polar surface area (TPSA) is 77.7 Å². The van der Waals surface area contributed by atoms with Crippen molar-refractivity contribution in [2.45, 2.75) is 37.0 Å². The molecule has 0 radical (unpaired) electrons. The molecule has 7 heteroatoms. The third-order valence-corrected chi connectivity index (χ3v) is 6.71. The molecule has 1 aliphatic heterocycles. The van der Waals surface area contributed by atoms with E-state index in [1.807, 2.05) is 53.4 Å². The summed E-state index contributed by atoms with van der Waals surface area (Å²) in [5, 5.41) is 4.22. The minimum absolute atomic E-state index is 0.193. The Bertz CT molecular complexity index is 1100. The summed E-state index contributed by atoms with van der Waals surface area (Å²) in [4.78, 5) is 20.0. The van der Waals surface area contributed by atoms with Crippen LogP contribution in [0.4, 0.5) is 0 Å². The molecular weight excluding hydrogens is 406 g/mol. The van der Waals surface area contributed by atoms with Crippen molar-refractivity contribution in [3.8, 4) is 23.0 Å². The van der Waals surface area contributed by atoms with E-state index >= 15 is 0 Å². The highest BCUT2D eigenvalue weighted by molar-refractivity contribution is 5.91. The first kappa shape index (κ1) is 20.5. The standard InChI is InChI=1S/C25H27N3O4/c1-30-20-8-6-19(7-9-20)25(12-13-25)24(29)28-14-10-17(11-15-28)22-26-23(32-27-22)18-4-3-5-21(16-18)31-2/h3-9,16-17H,10-15H2,1-2H3. The summed E-state index contributed by atoms with van der Waals surface area (Å²) in [5.41, 5.74) is 1.57. The summed E-state index contributed by atoms with van der Waals surface area (Å²) >= 11 is 0. The van der Waals surface area contributed by atoms with Crippen LogP contribution in [-0.2, 0) is 10.2 Å². The summed E-state index contributed by atoms with van der Waals surface area (Å²) < 4.78 is 16.0. The first-order chi connectivity index (χ1) is 15.6. The molecule has 0 unspecified atom stereocenters. The second-order valence-electron chi connectivity index (χ2n) is 8.57. The Morgan fingerprint density at radius 3 is 2.41 bits per heavy atom. The van der Waals surface area contributed by atoms with Crippen LogP contribution in [0.15, 0.2) is 53.1 Å². The van der Waals surface area contributed by atoms with E-state index in [1.54, 1.807) is 14.2 Å². The maximum atomic E-state index is 13.4. The number of amides is 1. The number of hydrogen-bond acceptors (Lipinski definition) is 6. The molecule has 1 saturated heterocycles. The van der Waals surface area contributed by atoms with Crippen molar-refractivity contribution in [2.75, 3.05) is 27.3 Å². The van der Waals surface area contributed by atoms with Crippen molar-refractivity contribution in [3.63, 3.8) is 0 Å². The number of aromatic nitrogens is 2. The number of rotatable bonds is 6. The van der Waals surface area contributed by atoms with Crippen LogP contribution in [0.5, 0.6) is 11.5 Å². The van der Waals surface area contributed by atoms with Crippen molar-refractivity contribution in [2.24, 2.45) is 0 Å². The van der Waals surface area contributed by atoms with Gasteiger partial charge < -0.3 is 18.9 Å². The van der Waals surface area contributed by atoms with Crippen LogP contribution in [0, 0.1) is 0 Å². The Kier molecular flexibility index (Phi) is 5.33. The third-order valence-electron chi connectivity index (χ3n) is 6.71. The molecule has 7 nitrogen and oxygen atoms in total. The fourth-order valence-electron chi connectivity index (χ4n) is 4.58. The molecule has 1 amide bonds. The van der Waals surface area contributed by atoms with Gasteiger partial charge in [0.25, 0.3) is 5.89 Å². The Morgan fingerprint density at radius 2 is 1.75 bits per heavy atom. The fourth-order valence-corrected chi connectivity index (χ4v) is 4.58. The minimum atomic E-state index is -0.356. The first-order valence-electron chi connectivity index (χ1n) is 11.0. The zero-order valence-electron chi connectivity index (χ0n) is 18.4. The maximum absolute atomic E-state index is 13.4. The van der Waals surface area contributed by atoms with E-state index < -0.39 is 0 Å². The molecule has 2 fully saturated rings. The zero-order chi connectivity index (χ0) is 22.1. The van der Waals surface area contributed by atoms with Crippen LogP contribution in [0.25, 0.3) is 11.5 Å². The summed E-state index contributed by atoms with van der Waals surface area (Å²) in [7, 11) is 3.29. The molecule has 0 spiro atoms. The lowest BCUT2D eigenvalue weighted by Crippen LogP contribution is -2.43. The van der Waals surface area contributed by atoms with Crippen LogP contribution in [0.3, 0.4) is 0 Å². The number of benzene rings is 2. The molecular formula is C25H27N3O4. The van der Waals surface area contributed by atoms with E-state index in [-0.39, 0.29) is 17.2 Å². The first-order valence-corrected chi connectivity index (χ1v) is 11.0. The van der Waals surface area contributed by atoms with Gasteiger partial charge in [0.05, 0.1) is 19.6 Å². The molecule has 1 saturated carbocycles. The van der Waals surface area contributed by atoms with Crippen molar-refractivity contribution in [3.05, 3.63) is 59.9 Å². The summed E-state index contributed by atoms with van der Waals surface area (Å²) in [6, 6.07) is 15.5. The molecule has 2 heterocycles. The lowest BCUT2D eigenvalue weighted by molar-refractivity contribution is -0.135. The number of carbonyl (C=O) groups excluding carboxylic acids is 1. The largest absolute Gasteiger partial charge is 0.497 e. The van der Waals surface area contributed by atoms with E-state index in [0.717, 1.165) is 48.3 Å². The van der Waals surface area contributed by atoms with Gasteiger partial charge in [-0.1, -0.05) is 23.4 Å². The molecule has 0 bridgehead atoms. The highest BCUT2D eigenvalue weighted by Crippen LogP contribution is 2.50. The molecule has 0 N–H and O–H groups in total. The molecule has 1 aromatic heterocycles. The van der Waals surface area contributed by atoms with E-state index in [2.05, 4.69) is 10.1 Å². The van der Waals surface area contributed by atoms with Gasteiger partial charge >= 0.3 is 0 Å². The van der Waals surface area contributed by atoms with Crippen molar-refractivity contribution in [1.82, 2.24) is 15.0 Å². The van der Waals surface area contributed by atoms with Gasteiger partial charge in [-0.2, -0.15) is 4.98 Å². The Hall–Kier alpha value is -3.35. The molecule has 5 rings (SSSR count). The third kappa shape index (κ3) is 3.72. The van der Waals surface area contributed by atoms with Crippen LogP contribution >= 0.6 is 0 Å². The Labute approximate surface area is 187 Å². The van der Waals surface area contributed by atoms with Gasteiger partial charge in [-0.05, 0) is 61.6 Å². The number of piperidine rings is 1. The van der Waals surface area contributed by atoms with Gasteiger partial charge in [-0.3, -0.25) is 4.79 Å². The quantitative estimate of drug-likeness (QED) is 0.580. The average molecular weight is 434 g/mol. The van der Waals surface area contributed by atoms with Gasteiger partial charge in [-0.15, -0.1) is 0 Å². The smallest absolute Gasteiger partial charge is 0.258 e. The van der Waals surface area contributed by atoms with Crippen LogP contribution in [-0.4, -0.2) is 48.3 Å². The van der Waals surface area contributed by atoms with Crippen molar-refractivity contribution in [1.29, 1.82) is 0 Å². The average Bonchev–Trinajstić information content (AvgIpc) is 3.52. The molecule has 1 aliphatic carbocycles. The monoisotopic (exact) mass is 433 g/mol. The lowest BCUT2D eigenvalue weighted by atomic mass is 9.91. The predicted molar refractivity (Wildman–Crippen MR) is 119 cm³/mol. The SMILES string of the molecule is COc1ccc(C2(C(=O)N3CCC(c4noc(-c5cccc(OC)c5)n4)CC3)CC2)cc1. The van der Waals surface area contributed by atoms with E-state index in [4.69, 9.17) is 14.0 Å². The van der Waals surface area contributed by atoms with Gasteiger partial charge in [0.15, 0.2) is 5.82 Å². The number of carbonyl (C=O) groups is 1. The predicted octanol–water partition coefficient (Wildman–Crippen LogP) is 4.19. The molecule has 32 heavy (non-hydrogen) atoms. The summed E-state index contributed by atoms with van der Waals surface area (Å²) in [6.45, 7) is 1.43. The number of likely N-dealkylation sites (tertiary alicyclic amines) is 1. The van der Waals surface area contributed by atoms with Gasteiger partial charge in [0.1, 0.15) is 11.5 Å². The number of hydrogen-bond donors (Lipinski definition) is 0. The minimum Gasteiger partial charge on any atom is -0.497 e. The normalized spacial score (nSPS) is 17.8. The lowest BCUT2D eigenvalue weighted by Gasteiger charge is -2.33. The highest BCUT2D eigenvalue weighted by Gasteiger charge is 2.53. The van der Waals surface area contributed by atoms with Gasteiger partial charge in [0.2, 0.25) is 5.91 Å². The maximum Gasteiger partial charge on any atom is 0.258 e. The molecule has 2 aliphatic rings. The van der Waals surface area contributed by atoms with Crippen LogP contribution in [0.1, 0.15) is 43.0 Å². The zero-order valence-corrected chi connectivity index (χ0v) is 18.4. The number of ether oxygens (including phenoxy) is 2. The Morgan fingerprint density at radius 1 is 1.03 bits per heavy atom. The number of nitrogens with zero attached hydrogens (tertiary/aromatic N) is 3. The highest BCUT2D eigenvalue weighted by atomic mass is 16.5. The molecule has 0 atom stereocenters. The van der Waals surface area contributed by atoms with E-state index in [1.165, 1.54) is 0 Å². The van der Waals surface area contributed by atoms with Gasteiger partial charge in [0, 0.05) is 24.6 Å². The molecule has 166 valence electrons. The Balaban J connectivity index is 1.23. The van der Waals surface area contributed by atoms with Gasteiger partial charge in [-0.25, -0.2) is 0 Å². The molecule has 2 aromatic carbocycles.